The van der Waals surface area contributed by atoms with E-state index in [-0.39, 0.29) is 11.6 Å². The highest BCUT2D eigenvalue weighted by Gasteiger charge is 2.58. The molecule has 4 N–H and O–H groups in total. The van der Waals surface area contributed by atoms with Gasteiger partial charge in [0.2, 0.25) is 0 Å². The monoisotopic (exact) mass is 343 g/mol. The molecule has 2 atom stereocenters. The number of nitrogens with two attached hydrogens (primary N) is 2. The molecule has 132 valence electrons. The summed E-state index contributed by atoms with van der Waals surface area (Å²) in [7, 11) is 0. The summed E-state index contributed by atoms with van der Waals surface area (Å²) in [5.74, 6) is 0.575. The number of halogens is 1. The van der Waals surface area contributed by atoms with Gasteiger partial charge < -0.3 is 16.4 Å². The molecule has 2 heterocycles. The minimum Gasteiger partial charge on any atom is -0.383 e. The largest absolute Gasteiger partial charge is 0.383 e. The summed E-state index contributed by atoms with van der Waals surface area (Å²) in [5, 5.41) is 0. The van der Waals surface area contributed by atoms with Gasteiger partial charge in [0.25, 0.3) is 0 Å². The summed E-state index contributed by atoms with van der Waals surface area (Å²) in [6.07, 6.45) is 3.39. The molecule has 2 aromatic rings. The van der Waals surface area contributed by atoms with Gasteiger partial charge in [-0.15, -0.1) is 0 Å². The van der Waals surface area contributed by atoms with Gasteiger partial charge in [0.1, 0.15) is 11.6 Å². The fourth-order valence-corrected chi connectivity index (χ4v) is 3.97. The van der Waals surface area contributed by atoms with Gasteiger partial charge in [-0.1, -0.05) is 6.07 Å². The van der Waals surface area contributed by atoms with Gasteiger partial charge in [0, 0.05) is 25.8 Å². The Bertz CT molecular complexity index is 863. The number of nitrogen functional groups attached to an aromatic ring is 1. The van der Waals surface area contributed by atoms with Gasteiger partial charge in [0.05, 0.1) is 5.69 Å². The second-order valence-electron chi connectivity index (χ2n) is 7.23. The quantitative estimate of drug-likeness (QED) is 0.837. The van der Waals surface area contributed by atoms with E-state index in [4.69, 9.17) is 11.5 Å². The van der Waals surface area contributed by atoms with Crippen LogP contribution in [-0.2, 0) is 6.42 Å². The molecular formula is C18H22FN5O. The van der Waals surface area contributed by atoms with Crippen molar-refractivity contribution in [3.8, 4) is 5.69 Å². The van der Waals surface area contributed by atoms with E-state index >= 15 is 0 Å². The standard InChI is InChI=1S/C18H22FN5O/c19-15-7-14(24-6-4-16(21)22-17(24)25)2-1-12(15)3-5-23-9-13-8-18(13,10-20)11-23/h1-2,4,6-7,13H,3,5,8-11,20H2,(H2,21,22,25). The first-order chi connectivity index (χ1) is 12.0. The summed E-state index contributed by atoms with van der Waals surface area (Å²) < 4.78 is 15.7. The zero-order valence-corrected chi connectivity index (χ0v) is 14.0. The Morgan fingerprint density at radius 3 is 2.88 bits per heavy atom. The Morgan fingerprint density at radius 1 is 1.36 bits per heavy atom. The molecule has 1 aliphatic heterocycles. The van der Waals surface area contributed by atoms with Gasteiger partial charge in [-0.2, -0.15) is 4.98 Å². The molecule has 4 rings (SSSR count). The fraction of sp³-hybridized carbons (Fsp3) is 0.444. The molecular weight excluding hydrogens is 321 g/mol. The van der Waals surface area contributed by atoms with Crippen LogP contribution < -0.4 is 17.2 Å². The first kappa shape index (κ1) is 16.2. The SMILES string of the molecule is NCC12CC1CN(CCc1ccc(-n3ccc(N)nc3=O)cc1F)C2. The molecule has 1 saturated carbocycles. The number of aromatic nitrogens is 2. The third-order valence-electron chi connectivity index (χ3n) is 5.62. The van der Waals surface area contributed by atoms with Crippen LogP contribution in [0.15, 0.2) is 35.3 Å². The number of anilines is 1. The molecule has 6 nitrogen and oxygen atoms in total. The van der Waals surface area contributed by atoms with Crippen LogP contribution in [0.5, 0.6) is 0 Å². The number of hydrogen-bond donors (Lipinski definition) is 2. The second kappa shape index (κ2) is 5.93. The average Bonchev–Trinajstić information content (AvgIpc) is 3.15. The molecule has 2 fully saturated rings. The smallest absolute Gasteiger partial charge is 0.354 e. The Hall–Kier alpha value is -2.25. The summed E-state index contributed by atoms with van der Waals surface area (Å²) in [4.78, 5) is 17.9. The third kappa shape index (κ3) is 2.94. The molecule has 1 saturated heterocycles. The van der Waals surface area contributed by atoms with E-state index in [9.17, 15) is 9.18 Å². The minimum atomic E-state index is -0.518. The van der Waals surface area contributed by atoms with E-state index in [1.807, 2.05) is 0 Å². The molecule has 2 unspecified atom stereocenters. The molecule has 0 bridgehead atoms. The zero-order valence-electron chi connectivity index (χ0n) is 14.0. The van der Waals surface area contributed by atoms with E-state index in [1.54, 1.807) is 12.1 Å². The van der Waals surface area contributed by atoms with Gasteiger partial charge in [-0.05, 0) is 54.5 Å². The second-order valence-corrected chi connectivity index (χ2v) is 7.23. The number of rotatable bonds is 5. The van der Waals surface area contributed by atoms with Gasteiger partial charge in [-0.25, -0.2) is 9.18 Å². The molecule has 0 spiro atoms. The van der Waals surface area contributed by atoms with Crippen LogP contribution >= 0.6 is 0 Å². The minimum absolute atomic E-state index is 0.150. The average molecular weight is 343 g/mol. The molecule has 2 aliphatic rings. The topological polar surface area (TPSA) is 90.2 Å². The van der Waals surface area contributed by atoms with Crippen LogP contribution in [0.4, 0.5) is 10.2 Å². The van der Waals surface area contributed by atoms with Crippen molar-refractivity contribution < 1.29 is 4.39 Å². The van der Waals surface area contributed by atoms with Crippen LogP contribution in [0.1, 0.15) is 12.0 Å². The predicted octanol–water partition coefficient (Wildman–Crippen LogP) is 0.777. The van der Waals surface area contributed by atoms with Gasteiger partial charge in [-0.3, -0.25) is 4.57 Å². The third-order valence-corrected chi connectivity index (χ3v) is 5.62. The van der Waals surface area contributed by atoms with Crippen molar-refractivity contribution in [2.75, 3.05) is 31.9 Å². The van der Waals surface area contributed by atoms with Crippen molar-refractivity contribution in [3.05, 3.63) is 52.3 Å². The van der Waals surface area contributed by atoms with Crippen LogP contribution in [0.3, 0.4) is 0 Å². The lowest BCUT2D eigenvalue weighted by Gasteiger charge is -2.20. The number of likely N-dealkylation sites (tertiary alicyclic amines) is 1. The lowest BCUT2D eigenvalue weighted by atomic mass is 10.1. The van der Waals surface area contributed by atoms with E-state index < -0.39 is 5.69 Å². The number of piperidine rings is 1. The molecule has 0 amide bonds. The van der Waals surface area contributed by atoms with E-state index in [1.165, 1.54) is 29.3 Å². The van der Waals surface area contributed by atoms with Crippen molar-refractivity contribution in [2.24, 2.45) is 17.1 Å². The summed E-state index contributed by atoms with van der Waals surface area (Å²) in [6, 6.07) is 6.36. The Labute approximate surface area is 145 Å². The Morgan fingerprint density at radius 2 is 2.20 bits per heavy atom. The highest BCUT2D eigenvalue weighted by atomic mass is 19.1. The number of benzene rings is 1. The maximum atomic E-state index is 14.4. The maximum Gasteiger partial charge on any atom is 0.354 e. The van der Waals surface area contributed by atoms with Crippen LogP contribution in [0, 0.1) is 17.2 Å². The van der Waals surface area contributed by atoms with Crippen molar-refractivity contribution in [3.63, 3.8) is 0 Å². The summed E-state index contributed by atoms with van der Waals surface area (Å²) in [5.41, 5.74) is 12.3. The molecule has 1 aliphatic carbocycles. The van der Waals surface area contributed by atoms with Gasteiger partial charge >= 0.3 is 5.69 Å². The number of fused-ring (bicyclic) bond motifs is 1. The molecule has 0 radical (unpaired) electrons. The number of hydrogen-bond acceptors (Lipinski definition) is 5. The van der Waals surface area contributed by atoms with Crippen molar-refractivity contribution >= 4 is 5.82 Å². The van der Waals surface area contributed by atoms with Crippen molar-refractivity contribution in [1.29, 1.82) is 0 Å². The van der Waals surface area contributed by atoms with E-state index in [2.05, 4.69) is 9.88 Å². The lowest BCUT2D eigenvalue weighted by Crippen LogP contribution is -2.30. The lowest BCUT2D eigenvalue weighted by molar-refractivity contribution is 0.284. The number of nitrogens with zero attached hydrogens (tertiary/aromatic N) is 3. The molecule has 25 heavy (non-hydrogen) atoms. The summed E-state index contributed by atoms with van der Waals surface area (Å²) in [6.45, 7) is 3.68. The van der Waals surface area contributed by atoms with E-state index in [0.29, 0.717) is 23.1 Å². The first-order valence-electron chi connectivity index (χ1n) is 8.57. The maximum absolute atomic E-state index is 14.4. The fourth-order valence-electron chi connectivity index (χ4n) is 3.97. The van der Waals surface area contributed by atoms with Crippen LogP contribution in [-0.4, -0.2) is 40.6 Å². The highest BCUT2D eigenvalue weighted by molar-refractivity contribution is 5.37. The Kier molecular flexibility index (Phi) is 3.85. The van der Waals surface area contributed by atoms with Crippen molar-refractivity contribution in [2.45, 2.75) is 12.8 Å². The summed E-state index contributed by atoms with van der Waals surface area (Å²) >= 11 is 0. The zero-order chi connectivity index (χ0) is 17.6. The molecule has 7 heteroatoms. The Balaban J connectivity index is 1.44. The molecule has 1 aromatic carbocycles. The van der Waals surface area contributed by atoms with Crippen molar-refractivity contribution in [1.82, 2.24) is 14.5 Å². The first-order valence-corrected chi connectivity index (χ1v) is 8.57. The normalized spacial score (nSPS) is 25.1. The van der Waals surface area contributed by atoms with Crippen LogP contribution in [0.25, 0.3) is 5.69 Å². The predicted molar refractivity (Wildman–Crippen MR) is 93.9 cm³/mol. The highest BCUT2D eigenvalue weighted by Crippen LogP contribution is 2.56. The van der Waals surface area contributed by atoms with Crippen LogP contribution in [0.2, 0.25) is 0 Å². The van der Waals surface area contributed by atoms with Gasteiger partial charge in [0.15, 0.2) is 0 Å². The van der Waals surface area contributed by atoms with E-state index in [0.717, 1.165) is 32.1 Å². The molecule has 1 aromatic heterocycles.